The van der Waals surface area contributed by atoms with Gasteiger partial charge in [-0.15, -0.1) is 22.7 Å². The second kappa shape index (κ2) is 5.19. The summed E-state index contributed by atoms with van der Waals surface area (Å²) in [6.07, 6.45) is 0. The lowest BCUT2D eigenvalue weighted by atomic mass is 10.3. The van der Waals surface area contributed by atoms with Crippen molar-refractivity contribution in [2.24, 2.45) is 0 Å². The zero-order valence-electron chi connectivity index (χ0n) is 7.14. The maximum Gasteiger partial charge on any atom is 0.0931 e. The van der Waals surface area contributed by atoms with Gasteiger partial charge >= 0.3 is 0 Å². The first-order valence-corrected chi connectivity index (χ1v) is 8.43. The van der Waals surface area contributed by atoms with Crippen LogP contribution in [0.4, 0.5) is 0 Å². The van der Waals surface area contributed by atoms with E-state index in [1.807, 2.05) is 12.1 Å². The Kier molecular flexibility index (Phi) is 4.35. The van der Waals surface area contributed by atoms with Crippen LogP contribution in [0.5, 0.6) is 0 Å². The Hall–Kier alpha value is 1.13. The first kappa shape index (κ1) is 12.6. The molecular formula is C9H4Br3ClS2. The van der Waals surface area contributed by atoms with Crippen molar-refractivity contribution in [1.82, 2.24) is 0 Å². The number of hydrogen-bond donors (Lipinski definition) is 0. The van der Waals surface area contributed by atoms with E-state index in [-0.39, 0.29) is 4.83 Å². The fourth-order valence-corrected chi connectivity index (χ4v) is 5.16. The summed E-state index contributed by atoms with van der Waals surface area (Å²) in [6, 6.07) is 6.09. The average Bonchev–Trinajstić information content (AvgIpc) is 2.74. The molecule has 0 N–H and O–H groups in total. The fourth-order valence-electron chi connectivity index (χ4n) is 1.09. The lowest BCUT2D eigenvalue weighted by molar-refractivity contribution is 1.28. The van der Waals surface area contributed by atoms with Crippen molar-refractivity contribution in [3.05, 3.63) is 40.5 Å². The number of alkyl halides is 1. The molecule has 0 aliphatic rings. The summed E-state index contributed by atoms with van der Waals surface area (Å²) in [6.45, 7) is 0. The molecule has 6 heteroatoms. The lowest BCUT2D eigenvalue weighted by Crippen LogP contribution is -1.83. The van der Waals surface area contributed by atoms with E-state index in [0.717, 1.165) is 12.6 Å². The minimum Gasteiger partial charge on any atom is -0.130 e. The Labute approximate surface area is 126 Å². The first-order chi connectivity index (χ1) is 7.08. The minimum absolute atomic E-state index is 0.225. The van der Waals surface area contributed by atoms with Crippen LogP contribution >= 0.6 is 82.1 Å². The van der Waals surface area contributed by atoms with Crippen LogP contribution < -0.4 is 0 Å². The van der Waals surface area contributed by atoms with Gasteiger partial charge in [0, 0.05) is 14.2 Å². The molecule has 0 aliphatic carbocycles. The van der Waals surface area contributed by atoms with Crippen molar-refractivity contribution >= 4 is 82.1 Å². The van der Waals surface area contributed by atoms with E-state index >= 15 is 0 Å². The van der Waals surface area contributed by atoms with Crippen LogP contribution in [0.25, 0.3) is 0 Å². The fraction of sp³-hybridized carbons (Fsp3) is 0.111. The van der Waals surface area contributed by atoms with Crippen molar-refractivity contribution in [1.29, 1.82) is 0 Å². The molecule has 1 unspecified atom stereocenters. The van der Waals surface area contributed by atoms with Crippen LogP contribution in [-0.2, 0) is 0 Å². The van der Waals surface area contributed by atoms with E-state index in [4.69, 9.17) is 11.6 Å². The monoisotopic (exact) mass is 448 g/mol. The quantitative estimate of drug-likeness (QED) is 0.459. The number of halogens is 4. The predicted molar refractivity (Wildman–Crippen MR) is 79.8 cm³/mol. The number of thiophene rings is 2. The molecule has 0 spiro atoms. The molecule has 0 bridgehead atoms. The highest BCUT2D eigenvalue weighted by atomic mass is 79.9. The molecule has 0 saturated carbocycles. The van der Waals surface area contributed by atoms with Crippen molar-refractivity contribution in [2.75, 3.05) is 0 Å². The van der Waals surface area contributed by atoms with Crippen LogP contribution in [0.2, 0.25) is 4.34 Å². The Morgan fingerprint density at radius 2 is 1.87 bits per heavy atom. The van der Waals surface area contributed by atoms with Crippen molar-refractivity contribution < 1.29 is 0 Å². The first-order valence-electron chi connectivity index (χ1n) is 3.92. The van der Waals surface area contributed by atoms with Gasteiger partial charge in [-0.2, -0.15) is 0 Å². The van der Waals surface area contributed by atoms with E-state index in [1.54, 1.807) is 22.7 Å². The molecule has 0 saturated heterocycles. The van der Waals surface area contributed by atoms with Crippen LogP contribution in [0.1, 0.15) is 14.6 Å². The van der Waals surface area contributed by atoms with E-state index in [1.165, 1.54) is 9.75 Å². The molecule has 0 radical (unpaired) electrons. The molecule has 80 valence electrons. The summed E-state index contributed by atoms with van der Waals surface area (Å²) in [5.41, 5.74) is 0. The van der Waals surface area contributed by atoms with Crippen molar-refractivity contribution in [3.8, 4) is 0 Å². The number of hydrogen-bond acceptors (Lipinski definition) is 2. The molecule has 0 nitrogen and oxygen atoms in total. The third-order valence-corrected chi connectivity index (χ3v) is 7.97. The third kappa shape index (κ3) is 2.87. The summed E-state index contributed by atoms with van der Waals surface area (Å²) in [5.74, 6) is 0. The zero-order valence-corrected chi connectivity index (χ0v) is 14.3. The summed E-state index contributed by atoms with van der Waals surface area (Å²) in [5, 5.41) is 0. The normalized spacial score (nSPS) is 13.1. The standard InChI is InChI=1S/C9H4Br3ClS2/c10-4-3-6(15-9(4)12)8(11)5-1-2-7(13)14-5/h1-3,8H. The van der Waals surface area contributed by atoms with Gasteiger partial charge in [0.15, 0.2) is 0 Å². The molecule has 2 heterocycles. The summed E-state index contributed by atoms with van der Waals surface area (Å²) in [7, 11) is 0. The summed E-state index contributed by atoms with van der Waals surface area (Å²) >= 11 is 19.9. The van der Waals surface area contributed by atoms with Gasteiger partial charge in [0.05, 0.1) is 12.9 Å². The molecular weight excluding hydrogens is 447 g/mol. The highest BCUT2D eigenvalue weighted by Crippen LogP contribution is 2.43. The van der Waals surface area contributed by atoms with Crippen molar-refractivity contribution in [2.45, 2.75) is 4.83 Å². The third-order valence-electron chi connectivity index (χ3n) is 1.76. The van der Waals surface area contributed by atoms with Gasteiger partial charge in [0.2, 0.25) is 0 Å². The maximum absolute atomic E-state index is 5.91. The maximum atomic E-state index is 5.91. The SMILES string of the molecule is Clc1ccc(C(Br)c2cc(Br)c(Br)s2)s1. The topological polar surface area (TPSA) is 0 Å². The van der Waals surface area contributed by atoms with Gasteiger partial charge in [-0.3, -0.25) is 0 Å². The van der Waals surface area contributed by atoms with Gasteiger partial charge < -0.3 is 0 Å². The highest BCUT2D eigenvalue weighted by Gasteiger charge is 2.16. The van der Waals surface area contributed by atoms with Gasteiger partial charge in [-0.25, -0.2) is 0 Å². The number of rotatable bonds is 2. The Morgan fingerprint density at radius 1 is 1.13 bits per heavy atom. The van der Waals surface area contributed by atoms with E-state index in [2.05, 4.69) is 53.9 Å². The molecule has 1 atom stereocenters. The van der Waals surface area contributed by atoms with Crippen LogP contribution in [0.15, 0.2) is 26.5 Å². The van der Waals surface area contributed by atoms with Gasteiger partial charge in [0.25, 0.3) is 0 Å². The van der Waals surface area contributed by atoms with Gasteiger partial charge in [-0.1, -0.05) is 27.5 Å². The average molecular weight is 451 g/mol. The summed E-state index contributed by atoms with van der Waals surface area (Å²) < 4.78 is 3.03. The molecule has 2 rings (SSSR count). The van der Waals surface area contributed by atoms with Gasteiger partial charge in [0.1, 0.15) is 0 Å². The lowest BCUT2D eigenvalue weighted by Gasteiger charge is -2.02. The zero-order chi connectivity index (χ0) is 11.0. The second-order valence-electron chi connectivity index (χ2n) is 2.77. The minimum atomic E-state index is 0.225. The van der Waals surface area contributed by atoms with Crippen LogP contribution in [-0.4, -0.2) is 0 Å². The molecule has 2 aromatic rings. The molecule has 0 fully saturated rings. The van der Waals surface area contributed by atoms with E-state index < -0.39 is 0 Å². The summed E-state index contributed by atoms with van der Waals surface area (Å²) in [4.78, 5) is 2.70. The molecule has 2 aromatic heterocycles. The van der Waals surface area contributed by atoms with Crippen LogP contribution in [0, 0.1) is 0 Å². The predicted octanol–water partition coefficient (Wildman–Crippen LogP) is 6.47. The molecule has 0 amide bonds. The Bertz CT molecular complexity index is 458. The Balaban J connectivity index is 2.31. The largest absolute Gasteiger partial charge is 0.130 e. The highest BCUT2D eigenvalue weighted by molar-refractivity contribution is 9.13. The van der Waals surface area contributed by atoms with E-state index in [9.17, 15) is 0 Å². The smallest absolute Gasteiger partial charge is 0.0931 e. The van der Waals surface area contributed by atoms with Crippen molar-refractivity contribution in [3.63, 3.8) is 0 Å². The van der Waals surface area contributed by atoms with E-state index in [0.29, 0.717) is 0 Å². The Morgan fingerprint density at radius 3 is 2.33 bits per heavy atom. The molecule has 15 heavy (non-hydrogen) atoms. The second-order valence-corrected chi connectivity index (χ2v) is 8.69. The molecule has 0 aliphatic heterocycles. The molecule has 0 aromatic carbocycles. The van der Waals surface area contributed by atoms with Gasteiger partial charge in [-0.05, 0) is 50.1 Å². The van der Waals surface area contributed by atoms with Crippen LogP contribution in [0.3, 0.4) is 0 Å².